The predicted octanol–water partition coefficient (Wildman–Crippen LogP) is 8.29. The number of hydrogen-bond acceptors (Lipinski definition) is 1. The van der Waals surface area contributed by atoms with Gasteiger partial charge in [0, 0.05) is 20.9 Å². The van der Waals surface area contributed by atoms with Gasteiger partial charge in [-0.05, 0) is 60.7 Å². The summed E-state index contributed by atoms with van der Waals surface area (Å²) in [6.45, 7) is 0. The smallest absolute Gasteiger partial charge is 0.220 e. The summed E-state index contributed by atoms with van der Waals surface area (Å²) in [6.07, 6.45) is 0. The maximum absolute atomic E-state index is 5.05. The molecular weight excluding hydrogens is 508 g/mol. The largest absolute Gasteiger partial charge is 0.309 e. The average molecular weight is 527 g/mol. The van der Waals surface area contributed by atoms with Crippen molar-refractivity contribution in [1.29, 1.82) is 0 Å². The van der Waals surface area contributed by atoms with Crippen LogP contribution in [-0.4, -0.2) is 18.5 Å². The van der Waals surface area contributed by atoms with Crippen molar-refractivity contribution in [3.8, 4) is 11.4 Å². The monoisotopic (exact) mass is 526 g/mol. The Kier molecular flexibility index (Phi) is 4.05. The van der Waals surface area contributed by atoms with Gasteiger partial charge in [0.15, 0.2) is 0 Å². The van der Waals surface area contributed by atoms with Crippen molar-refractivity contribution in [3.63, 3.8) is 0 Å². The minimum atomic E-state index is 0.906. The van der Waals surface area contributed by atoms with Gasteiger partial charge in [0.1, 0.15) is 0 Å². The third-order valence-corrected chi connectivity index (χ3v) is 7.58. The normalized spacial score (nSPS) is 12.0. The van der Waals surface area contributed by atoms with Crippen molar-refractivity contribution in [2.75, 3.05) is 0 Å². The first-order chi connectivity index (χ1) is 17.8. The van der Waals surface area contributed by atoms with Gasteiger partial charge in [-0.25, -0.2) is 4.98 Å². The van der Waals surface area contributed by atoms with E-state index >= 15 is 0 Å². The van der Waals surface area contributed by atoms with E-state index in [0.717, 1.165) is 43.7 Å². The van der Waals surface area contributed by atoms with Crippen LogP contribution in [0.5, 0.6) is 0 Å². The van der Waals surface area contributed by atoms with Gasteiger partial charge >= 0.3 is 0 Å². The Morgan fingerprint density at radius 1 is 0.500 bits per heavy atom. The molecule has 0 atom stereocenters. The van der Waals surface area contributed by atoms with Crippen molar-refractivity contribution in [1.82, 2.24) is 18.5 Å². The van der Waals surface area contributed by atoms with Crippen molar-refractivity contribution in [2.45, 2.75) is 0 Å². The SMILES string of the molecule is Brc1cccc(-n2c3ccc(-n4c5ccccc5c5ccccc54)cc3n3c4ccccc4nc23)c1. The zero-order valence-corrected chi connectivity index (χ0v) is 20.7. The minimum absolute atomic E-state index is 0.906. The zero-order chi connectivity index (χ0) is 23.8. The standard InChI is InChI=1S/C31H19BrN4/c32-20-8-7-9-21(18-20)35-29-17-16-22(19-30(29)36-28-15-6-3-12-25(28)33-31(35)36)34-26-13-4-1-10-23(26)24-11-2-5-14-27(24)34/h1-19H. The number of halogens is 1. The van der Waals surface area contributed by atoms with Crippen molar-refractivity contribution in [3.05, 3.63) is 120 Å². The van der Waals surface area contributed by atoms with Gasteiger partial charge in [-0.3, -0.25) is 8.97 Å². The fraction of sp³-hybridized carbons (Fsp3) is 0. The van der Waals surface area contributed by atoms with Gasteiger partial charge in [0.05, 0.1) is 38.8 Å². The van der Waals surface area contributed by atoms with Crippen LogP contribution in [0, 0.1) is 0 Å². The molecule has 3 aromatic heterocycles. The molecule has 8 rings (SSSR count). The van der Waals surface area contributed by atoms with Gasteiger partial charge in [-0.15, -0.1) is 0 Å². The number of hydrogen-bond donors (Lipinski definition) is 0. The van der Waals surface area contributed by atoms with E-state index in [2.05, 4.69) is 139 Å². The lowest BCUT2D eigenvalue weighted by molar-refractivity contribution is 1.11. The van der Waals surface area contributed by atoms with Gasteiger partial charge in [-0.1, -0.05) is 70.5 Å². The van der Waals surface area contributed by atoms with E-state index in [1.807, 2.05) is 6.07 Å². The average Bonchev–Trinajstić information content (AvgIpc) is 3.55. The van der Waals surface area contributed by atoms with E-state index in [1.54, 1.807) is 0 Å². The van der Waals surface area contributed by atoms with Gasteiger partial charge in [-0.2, -0.15) is 0 Å². The number of nitrogens with zero attached hydrogens (tertiary/aromatic N) is 4. The summed E-state index contributed by atoms with van der Waals surface area (Å²) >= 11 is 3.65. The van der Waals surface area contributed by atoms with E-state index < -0.39 is 0 Å². The molecule has 0 N–H and O–H groups in total. The second-order valence-electron chi connectivity index (χ2n) is 9.09. The molecule has 4 nitrogen and oxygen atoms in total. The molecule has 0 unspecified atom stereocenters. The van der Waals surface area contributed by atoms with E-state index in [1.165, 1.54) is 21.8 Å². The summed E-state index contributed by atoms with van der Waals surface area (Å²) in [5.74, 6) is 0.906. The fourth-order valence-electron chi connectivity index (χ4n) is 5.60. The molecule has 0 amide bonds. The molecule has 0 bridgehead atoms. The van der Waals surface area contributed by atoms with Crippen LogP contribution >= 0.6 is 15.9 Å². The van der Waals surface area contributed by atoms with E-state index in [4.69, 9.17) is 4.98 Å². The van der Waals surface area contributed by atoms with Crippen LogP contribution in [0.25, 0.3) is 61.0 Å². The van der Waals surface area contributed by atoms with Crippen LogP contribution in [-0.2, 0) is 0 Å². The minimum Gasteiger partial charge on any atom is -0.309 e. The van der Waals surface area contributed by atoms with Crippen LogP contribution in [0.3, 0.4) is 0 Å². The molecule has 0 saturated carbocycles. The molecule has 5 aromatic carbocycles. The molecule has 5 heteroatoms. The second-order valence-corrected chi connectivity index (χ2v) is 10.0. The number of benzene rings is 5. The van der Waals surface area contributed by atoms with Crippen LogP contribution in [0.1, 0.15) is 0 Å². The molecule has 36 heavy (non-hydrogen) atoms. The summed E-state index contributed by atoms with van der Waals surface area (Å²) in [5.41, 5.74) is 8.94. The lowest BCUT2D eigenvalue weighted by atomic mass is 10.2. The van der Waals surface area contributed by atoms with Gasteiger partial charge < -0.3 is 4.57 Å². The molecule has 0 fully saturated rings. The third kappa shape index (κ3) is 2.66. The number of aromatic nitrogens is 4. The first-order valence-electron chi connectivity index (χ1n) is 11.9. The van der Waals surface area contributed by atoms with Gasteiger partial charge in [0.2, 0.25) is 5.78 Å². The number of fused-ring (bicyclic) bond motifs is 8. The predicted molar refractivity (Wildman–Crippen MR) is 152 cm³/mol. The first-order valence-corrected chi connectivity index (χ1v) is 12.7. The topological polar surface area (TPSA) is 27.2 Å². The molecule has 8 aromatic rings. The quantitative estimate of drug-likeness (QED) is 0.222. The Morgan fingerprint density at radius 3 is 1.92 bits per heavy atom. The Bertz CT molecular complexity index is 2070. The van der Waals surface area contributed by atoms with E-state index in [0.29, 0.717) is 0 Å². The summed E-state index contributed by atoms with van der Waals surface area (Å²) < 4.78 is 7.93. The highest BCUT2D eigenvalue weighted by Crippen LogP contribution is 2.35. The van der Waals surface area contributed by atoms with Crippen LogP contribution in [0.2, 0.25) is 0 Å². The Morgan fingerprint density at radius 2 is 1.17 bits per heavy atom. The fourth-order valence-corrected chi connectivity index (χ4v) is 5.99. The van der Waals surface area contributed by atoms with E-state index in [9.17, 15) is 0 Å². The lowest BCUT2D eigenvalue weighted by Crippen LogP contribution is -1.96. The highest BCUT2D eigenvalue weighted by molar-refractivity contribution is 9.10. The van der Waals surface area contributed by atoms with E-state index in [-0.39, 0.29) is 0 Å². The molecule has 0 spiro atoms. The highest BCUT2D eigenvalue weighted by Gasteiger charge is 2.19. The van der Waals surface area contributed by atoms with Crippen molar-refractivity contribution in [2.24, 2.45) is 0 Å². The molecule has 0 aliphatic heterocycles. The molecule has 0 aliphatic carbocycles. The van der Waals surface area contributed by atoms with Crippen LogP contribution in [0.4, 0.5) is 0 Å². The molecule has 170 valence electrons. The van der Waals surface area contributed by atoms with Crippen LogP contribution in [0.15, 0.2) is 120 Å². The molecule has 0 saturated heterocycles. The molecular formula is C31H19BrN4. The first kappa shape index (κ1) is 19.9. The summed E-state index contributed by atoms with van der Waals surface area (Å²) in [7, 11) is 0. The Labute approximate surface area is 214 Å². The Balaban J connectivity index is 1.52. The second kappa shape index (κ2) is 7.33. The maximum atomic E-state index is 5.05. The van der Waals surface area contributed by atoms with Crippen LogP contribution < -0.4 is 0 Å². The summed E-state index contributed by atoms with van der Waals surface area (Å²) in [6, 6.07) is 40.7. The lowest BCUT2D eigenvalue weighted by Gasteiger charge is -2.10. The number of para-hydroxylation sites is 4. The Hall–Kier alpha value is -4.35. The molecule has 0 aliphatic rings. The third-order valence-electron chi connectivity index (χ3n) is 7.09. The van der Waals surface area contributed by atoms with Crippen molar-refractivity contribution < 1.29 is 0 Å². The maximum Gasteiger partial charge on any atom is 0.220 e. The summed E-state index contributed by atoms with van der Waals surface area (Å²) in [5, 5.41) is 2.52. The van der Waals surface area contributed by atoms with Gasteiger partial charge in [0.25, 0.3) is 0 Å². The highest BCUT2D eigenvalue weighted by atomic mass is 79.9. The number of imidazole rings is 2. The molecule has 0 radical (unpaired) electrons. The number of rotatable bonds is 2. The van der Waals surface area contributed by atoms with Crippen molar-refractivity contribution >= 4 is 65.6 Å². The molecule has 3 heterocycles. The zero-order valence-electron chi connectivity index (χ0n) is 19.1. The summed E-state index contributed by atoms with van der Waals surface area (Å²) in [4.78, 5) is 5.05.